The molecular formula is C14H16F3N3. The van der Waals surface area contributed by atoms with E-state index in [1.807, 2.05) is 19.9 Å². The van der Waals surface area contributed by atoms with Crippen LogP contribution in [0.25, 0.3) is 5.69 Å². The Kier molecular flexibility index (Phi) is 3.85. The highest BCUT2D eigenvalue weighted by Crippen LogP contribution is 2.32. The standard InChI is InChI=1S/C14H16F3N3/c1-9(2)13-5-6-20(19-13)11-3-4-12(14(15,16)17)10(7-11)8-18/h3-7,9H,8,18H2,1-2H3. The molecule has 0 aliphatic rings. The van der Waals surface area contributed by atoms with Gasteiger partial charge in [0, 0.05) is 12.7 Å². The molecule has 1 heterocycles. The number of nitrogens with zero attached hydrogens (tertiary/aromatic N) is 2. The maximum absolute atomic E-state index is 12.8. The molecule has 0 bridgehead atoms. The summed E-state index contributed by atoms with van der Waals surface area (Å²) in [4.78, 5) is 0. The third-order valence-electron chi connectivity index (χ3n) is 3.08. The number of rotatable bonds is 3. The Morgan fingerprint density at radius 1 is 1.25 bits per heavy atom. The van der Waals surface area contributed by atoms with Gasteiger partial charge in [-0.3, -0.25) is 0 Å². The van der Waals surface area contributed by atoms with Crippen LogP contribution < -0.4 is 5.73 Å². The van der Waals surface area contributed by atoms with Crippen molar-refractivity contribution in [1.29, 1.82) is 0 Å². The van der Waals surface area contributed by atoms with Gasteiger partial charge in [0.1, 0.15) is 0 Å². The fourth-order valence-electron chi connectivity index (χ4n) is 1.96. The van der Waals surface area contributed by atoms with Crippen molar-refractivity contribution in [1.82, 2.24) is 9.78 Å². The van der Waals surface area contributed by atoms with Crippen LogP contribution in [0.4, 0.5) is 13.2 Å². The van der Waals surface area contributed by atoms with Gasteiger partial charge in [0.25, 0.3) is 0 Å². The van der Waals surface area contributed by atoms with Gasteiger partial charge in [0.05, 0.1) is 16.9 Å². The van der Waals surface area contributed by atoms with Crippen LogP contribution >= 0.6 is 0 Å². The third-order valence-corrected chi connectivity index (χ3v) is 3.08. The average molecular weight is 283 g/mol. The quantitative estimate of drug-likeness (QED) is 0.937. The number of aromatic nitrogens is 2. The molecule has 1 aromatic heterocycles. The normalized spacial score (nSPS) is 12.2. The summed E-state index contributed by atoms with van der Waals surface area (Å²) in [5.74, 6) is 0.264. The molecule has 6 heteroatoms. The van der Waals surface area contributed by atoms with Crippen LogP contribution in [0.5, 0.6) is 0 Å². The summed E-state index contributed by atoms with van der Waals surface area (Å²) >= 11 is 0. The maximum Gasteiger partial charge on any atom is 0.416 e. The number of benzene rings is 1. The predicted molar refractivity (Wildman–Crippen MR) is 70.5 cm³/mol. The molecule has 3 nitrogen and oxygen atoms in total. The molecule has 1 aromatic carbocycles. The lowest BCUT2D eigenvalue weighted by molar-refractivity contribution is -0.138. The van der Waals surface area contributed by atoms with E-state index in [0.29, 0.717) is 5.69 Å². The van der Waals surface area contributed by atoms with E-state index >= 15 is 0 Å². The number of nitrogens with two attached hydrogens (primary N) is 1. The van der Waals surface area contributed by atoms with Gasteiger partial charge in [-0.05, 0) is 35.7 Å². The fraction of sp³-hybridized carbons (Fsp3) is 0.357. The fourth-order valence-corrected chi connectivity index (χ4v) is 1.96. The van der Waals surface area contributed by atoms with Crippen LogP contribution in [-0.4, -0.2) is 9.78 Å². The Balaban J connectivity index is 2.43. The van der Waals surface area contributed by atoms with E-state index in [0.717, 1.165) is 11.8 Å². The summed E-state index contributed by atoms with van der Waals surface area (Å²) in [5.41, 5.74) is 6.25. The van der Waals surface area contributed by atoms with E-state index in [4.69, 9.17) is 5.73 Å². The van der Waals surface area contributed by atoms with E-state index in [-0.39, 0.29) is 18.0 Å². The Bertz CT molecular complexity index is 600. The first-order valence-electron chi connectivity index (χ1n) is 6.29. The van der Waals surface area contributed by atoms with Crippen LogP contribution in [0.15, 0.2) is 30.5 Å². The molecule has 0 unspecified atom stereocenters. The zero-order chi connectivity index (χ0) is 14.9. The molecule has 2 N–H and O–H groups in total. The summed E-state index contributed by atoms with van der Waals surface area (Å²) in [5, 5.41) is 4.34. The molecule has 108 valence electrons. The molecule has 0 radical (unpaired) electrons. The number of alkyl halides is 3. The van der Waals surface area contributed by atoms with Crippen molar-refractivity contribution in [2.24, 2.45) is 5.73 Å². The topological polar surface area (TPSA) is 43.8 Å². The maximum atomic E-state index is 12.8. The molecule has 0 spiro atoms. The van der Waals surface area contributed by atoms with Crippen molar-refractivity contribution in [3.63, 3.8) is 0 Å². The van der Waals surface area contributed by atoms with Gasteiger partial charge in [-0.1, -0.05) is 13.8 Å². The van der Waals surface area contributed by atoms with Gasteiger partial charge in [-0.15, -0.1) is 0 Å². The number of hydrogen-bond donors (Lipinski definition) is 1. The highest BCUT2D eigenvalue weighted by molar-refractivity contribution is 5.41. The Hall–Kier alpha value is -1.82. The summed E-state index contributed by atoms with van der Waals surface area (Å²) in [6.07, 6.45) is -2.65. The molecule has 2 rings (SSSR count). The van der Waals surface area contributed by atoms with Gasteiger partial charge < -0.3 is 5.73 Å². The summed E-state index contributed by atoms with van der Waals surface area (Å²) in [6, 6.07) is 5.73. The van der Waals surface area contributed by atoms with Crippen molar-refractivity contribution < 1.29 is 13.2 Å². The van der Waals surface area contributed by atoms with Gasteiger partial charge in [0.2, 0.25) is 0 Å². The predicted octanol–water partition coefficient (Wildman–Crippen LogP) is 3.47. The number of hydrogen-bond acceptors (Lipinski definition) is 2. The smallest absolute Gasteiger partial charge is 0.326 e. The first-order valence-corrected chi connectivity index (χ1v) is 6.29. The van der Waals surface area contributed by atoms with Crippen LogP contribution in [0.3, 0.4) is 0 Å². The second-order valence-corrected chi connectivity index (χ2v) is 4.88. The first-order chi connectivity index (χ1) is 9.32. The molecule has 20 heavy (non-hydrogen) atoms. The van der Waals surface area contributed by atoms with Crippen LogP contribution in [0.2, 0.25) is 0 Å². The van der Waals surface area contributed by atoms with E-state index < -0.39 is 11.7 Å². The second-order valence-electron chi connectivity index (χ2n) is 4.88. The Labute approximate surface area is 115 Å². The molecule has 0 saturated carbocycles. The van der Waals surface area contributed by atoms with E-state index in [1.165, 1.54) is 12.1 Å². The minimum absolute atomic E-state index is 0.0663. The van der Waals surface area contributed by atoms with Gasteiger partial charge >= 0.3 is 6.18 Å². The van der Waals surface area contributed by atoms with Gasteiger partial charge in [0.15, 0.2) is 0 Å². The summed E-state index contributed by atoms with van der Waals surface area (Å²) in [6.45, 7) is 3.84. The van der Waals surface area contributed by atoms with Crippen molar-refractivity contribution in [3.05, 3.63) is 47.3 Å². The molecule has 0 aliphatic heterocycles. The van der Waals surface area contributed by atoms with Gasteiger partial charge in [-0.2, -0.15) is 18.3 Å². The molecule has 0 aliphatic carbocycles. The Morgan fingerprint density at radius 3 is 2.45 bits per heavy atom. The SMILES string of the molecule is CC(C)c1ccn(-c2ccc(C(F)(F)F)c(CN)c2)n1. The highest BCUT2D eigenvalue weighted by Gasteiger charge is 2.33. The monoisotopic (exact) mass is 283 g/mol. The molecule has 0 fully saturated rings. The largest absolute Gasteiger partial charge is 0.416 e. The summed E-state index contributed by atoms with van der Waals surface area (Å²) in [7, 11) is 0. The third kappa shape index (κ3) is 2.85. The van der Waals surface area contributed by atoms with Crippen molar-refractivity contribution in [2.75, 3.05) is 0 Å². The Morgan fingerprint density at radius 2 is 1.95 bits per heavy atom. The molecule has 2 aromatic rings. The lowest BCUT2D eigenvalue weighted by atomic mass is 10.1. The number of halogens is 3. The van der Waals surface area contributed by atoms with Crippen molar-refractivity contribution >= 4 is 0 Å². The lowest BCUT2D eigenvalue weighted by Gasteiger charge is -2.13. The van der Waals surface area contributed by atoms with Crippen molar-refractivity contribution in [3.8, 4) is 5.69 Å². The zero-order valence-electron chi connectivity index (χ0n) is 11.3. The lowest BCUT2D eigenvalue weighted by Crippen LogP contribution is -2.12. The van der Waals surface area contributed by atoms with Crippen LogP contribution in [0.1, 0.15) is 36.6 Å². The molecular weight excluding hydrogens is 267 g/mol. The minimum Gasteiger partial charge on any atom is -0.326 e. The average Bonchev–Trinajstić information content (AvgIpc) is 2.86. The molecule has 0 amide bonds. The molecule has 0 atom stereocenters. The van der Waals surface area contributed by atoms with Crippen LogP contribution in [0, 0.1) is 0 Å². The summed E-state index contributed by atoms with van der Waals surface area (Å²) < 4.78 is 40.0. The molecule has 0 saturated heterocycles. The van der Waals surface area contributed by atoms with Gasteiger partial charge in [-0.25, -0.2) is 4.68 Å². The van der Waals surface area contributed by atoms with E-state index in [2.05, 4.69) is 5.10 Å². The highest BCUT2D eigenvalue weighted by atomic mass is 19.4. The first kappa shape index (κ1) is 14.6. The van der Waals surface area contributed by atoms with Crippen molar-refractivity contribution in [2.45, 2.75) is 32.5 Å². The van der Waals surface area contributed by atoms with E-state index in [1.54, 1.807) is 10.9 Å². The van der Waals surface area contributed by atoms with E-state index in [9.17, 15) is 13.2 Å². The zero-order valence-corrected chi connectivity index (χ0v) is 11.3. The minimum atomic E-state index is -4.39. The van der Waals surface area contributed by atoms with Crippen LogP contribution in [-0.2, 0) is 12.7 Å². The second kappa shape index (κ2) is 5.28.